The summed E-state index contributed by atoms with van der Waals surface area (Å²) in [6.45, 7) is -0.0150. The molecule has 0 saturated carbocycles. The Morgan fingerprint density at radius 1 is 0.711 bits per heavy atom. The molecular weight excluding hydrogens is 508 g/mol. The zero-order valence-electron chi connectivity index (χ0n) is 20.3. The largest absolute Gasteiger partial charge is 0.394 e. The van der Waals surface area contributed by atoms with Crippen LogP contribution in [0.4, 0.5) is 11.6 Å². The Balaban J connectivity index is 1.21. The van der Waals surface area contributed by atoms with Crippen LogP contribution in [0.15, 0.2) is 34.1 Å². The van der Waals surface area contributed by atoms with Crippen LogP contribution in [0.5, 0.6) is 0 Å². The minimum Gasteiger partial charge on any atom is -0.394 e. The van der Waals surface area contributed by atoms with Crippen LogP contribution in [0.1, 0.15) is 25.3 Å². The molecular formula is C22H32N6O10. The second-order valence-electron chi connectivity index (χ2n) is 9.02. The van der Waals surface area contributed by atoms with Crippen molar-refractivity contribution in [2.75, 3.05) is 36.9 Å². The van der Waals surface area contributed by atoms with E-state index in [4.69, 9.17) is 9.47 Å². The standard InChI is InChI=1S/C22H32N6O10/c29-9-11-15(31)17(33)19(37-11)27-7-3-13(25-21(27)35)23-5-1-2-6-24-14-4-8-28(22(36)26-14)20-18(34)16(32)12(10-30)38-20/h3-4,7-8,11-12,15-20,29-34H,1-2,5-6,9-10H2,(H,23,25,35)(H,24,26,36)/t11-,12-,15-,16-,17-,18-,19-,20-/m1/s1. The zero-order valence-corrected chi connectivity index (χ0v) is 20.3. The Bertz CT molecular complexity index is 1100. The normalized spacial score (nSPS) is 31.0. The molecule has 0 unspecified atom stereocenters. The summed E-state index contributed by atoms with van der Waals surface area (Å²) >= 11 is 0. The van der Waals surface area contributed by atoms with E-state index in [0.717, 1.165) is 9.13 Å². The molecule has 2 fully saturated rings. The van der Waals surface area contributed by atoms with Gasteiger partial charge in [0, 0.05) is 25.5 Å². The molecule has 38 heavy (non-hydrogen) atoms. The van der Waals surface area contributed by atoms with Gasteiger partial charge in [-0.2, -0.15) is 9.97 Å². The highest BCUT2D eigenvalue weighted by Crippen LogP contribution is 2.29. The zero-order chi connectivity index (χ0) is 27.4. The van der Waals surface area contributed by atoms with E-state index in [2.05, 4.69) is 20.6 Å². The lowest BCUT2D eigenvalue weighted by atomic mass is 10.1. The average Bonchev–Trinajstić information content (AvgIpc) is 3.35. The number of ether oxygens (including phenoxy) is 2. The predicted octanol–water partition coefficient (Wildman–Crippen LogP) is -3.67. The summed E-state index contributed by atoms with van der Waals surface area (Å²) in [7, 11) is 0. The van der Waals surface area contributed by atoms with Crippen LogP contribution in [0.2, 0.25) is 0 Å². The molecule has 0 aromatic carbocycles. The van der Waals surface area contributed by atoms with Crippen molar-refractivity contribution in [3.05, 3.63) is 45.5 Å². The Morgan fingerprint density at radius 2 is 1.11 bits per heavy atom. The average molecular weight is 541 g/mol. The molecule has 2 aromatic rings. The predicted molar refractivity (Wildman–Crippen MR) is 129 cm³/mol. The maximum atomic E-state index is 12.4. The minimum atomic E-state index is -1.38. The molecule has 4 heterocycles. The van der Waals surface area contributed by atoms with Crippen molar-refractivity contribution in [2.45, 2.75) is 61.9 Å². The molecule has 0 bridgehead atoms. The van der Waals surface area contributed by atoms with Gasteiger partial charge in [0.1, 0.15) is 48.3 Å². The Kier molecular flexibility index (Phi) is 9.06. The SMILES string of the molecule is O=c1nc(NCCCCNc2ccn([C@@H]3O[C@H](CO)[C@@H](O)[C@H]3O)c(=O)n2)ccn1[C@@H]1O[C@H](CO)[C@@H](O)[C@H]1O. The van der Waals surface area contributed by atoms with Gasteiger partial charge >= 0.3 is 11.4 Å². The highest BCUT2D eigenvalue weighted by Gasteiger charge is 2.44. The van der Waals surface area contributed by atoms with Gasteiger partial charge in [0.25, 0.3) is 0 Å². The summed E-state index contributed by atoms with van der Waals surface area (Å²) in [4.78, 5) is 32.5. The first kappa shape index (κ1) is 28.1. The number of anilines is 2. The minimum absolute atomic E-state index is 0.320. The third-order valence-corrected chi connectivity index (χ3v) is 6.46. The number of nitrogens with one attached hydrogen (secondary N) is 2. The van der Waals surface area contributed by atoms with E-state index in [0.29, 0.717) is 37.6 Å². The summed E-state index contributed by atoms with van der Waals surface area (Å²) in [6.07, 6.45) is -5.57. The number of nitrogens with zero attached hydrogens (tertiary/aromatic N) is 4. The lowest BCUT2D eigenvalue weighted by Crippen LogP contribution is -2.36. The smallest absolute Gasteiger partial charge is 0.351 e. The molecule has 16 nitrogen and oxygen atoms in total. The highest BCUT2D eigenvalue weighted by molar-refractivity contribution is 5.32. The number of aromatic nitrogens is 4. The van der Waals surface area contributed by atoms with Gasteiger partial charge in [0.2, 0.25) is 0 Å². The van der Waals surface area contributed by atoms with Crippen molar-refractivity contribution in [1.82, 2.24) is 19.1 Å². The van der Waals surface area contributed by atoms with Crippen LogP contribution in [0.3, 0.4) is 0 Å². The summed E-state index contributed by atoms with van der Waals surface area (Å²) in [5, 5.41) is 64.3. The quantitative estimate of drug-likeness (QED) is 0.128. The molecule has 0 radical (unpaired) electrons. The van der Waals surface area contributed by atoms with Crippen molar-refractivity contribution < 1.29 is 40.1 Å². The van der Waals surface area contributed by atoms with Crippen molar-refractivity contribution in [3.63, 3.8) is 0 Å². The second-order valence-corrected chi connectivity index (χ2v) is 9.02. The van der Waals surface area contributed by atoms with Gasteiger partial charge in [0.05, 0.1) is 13.2 Å². The molecule has 16 heteroatoms. The number of unbranched alkanes of at least 4 members (excludes halogenated alkanes) is 1. The second kappa shape index (κ2) is 12.3. The molecule has 210 valence electrons. The maximum Gasteiger partial charge on any atom is 0.351 e. The van der Waals surface area contributed by atoms with Gasteiger partial charge in [0.15, 0.2) is 12.5 Å². The summed E-state index contributed by atoms with van der Waals surface area (Å²) in [5.41, 5.74) is -1.38. The summed E-state index contributed by atoms with van der Waals surface area (Å²) < 4.78 is 12.8. The van der Waals surface area contributed by atoms with E-state index >= 15 is 0 Å². The van der Waals surface area contributed by atoms with Gasteiger partial charge in [-0.15, -0.1) is 0 Å². The van der Waals surface area contributed by atoms with Gasteiger partial charge in [-0.1, -0.05) is 0 Å². The van der Waals surface area contributed by atoms with Crippen molar-refractivity contribution in [2.24, 2.45) is 0 Å². The molecule has 4 rings (SSSR count). The van der Waals surface area contributed by atoms with Gasteiger partial charge < -0.3 is 50.7 Å². The summed E-state index contributed by atoms with van der Waals surface area (Å²) in [5.74, 6) is 0.641. The molecule has 0 aliphatic carbocycles. The van der Waals surface area contributed by atoms with E-state index in [-0.39, 0.29) is 0 Å². The van der Waals surface area contributed by atoms with Crippen LogP contribution < -0.4 is 22.0 Å². The topological polar surface area (TPSA) is 234 Å². The number of hydrogen-bond donors (Lipinski definition) is 8. The van der Waals surface area contributed by atoms with E-state index < -0.39 is 73.7 Å². The Morgan fingerprint density at radius 3 is 1.42 bits per heavy atom. The third kappa shape index (κ3) is 5.87. The molecule has 2 aliphatic rings. The Hall–Kier alpha value is -2.96. The van der Waals surface area contributed by atoms with Crippen LogP contribution >= 0.6 is 0 Å². The van der Waals surface area contributed by atoms with Gasteiger partial charge in [-0.05, 0) is 25.0 Å². The highest BCUT2D eigenvalue weighted by atomic mass is 16.6. The van der Waals surface area contributed by atoms with E-state index in [1.54, 1.807) is 0 Å². The van der Waals surface area contributed by atoms with Crippen LogP contribution in [0.25, 0.3) is 0 Å². The lowest BCUT2D eigenvalue weighted by molar-refractivity contribution is -0.0549. The van der Waals surface area contributed by atoms with Crippen LogP contribution in [-0.2, 0) is 9.47 Å². The molecule has 2 aliphatic heterocycles. The molecule has 0 spiro atoms. The van der Waals surface area contributed by atoms with E-state index in [1.165, 1.54) is 24.5 Å². The maximum absolute atomic E-state index is 12.4. The fraction of sp³-hybridized carbons (Fsp3) is 0.636. The van der Waals surface area contributed by atoms with Crippen molar-refractivity contribution >= 4 is 11.6 Å². The third-order valence-electron chi connectivity index (χ3n) is 6.46. The van der Waals surface area contributed by atoms with E-state index in [1.807, 2.05) is 0 Å². The summed E-state index contributed by atoms with van der Waals surface area (Å²) in [6, 6.07) is 3.06. The first-order valence-corrected chi connectivity index (χ1v) is 12.2. The molecule has 2 saturated heterocycles. The number of hydrogen-bond acceptors (Lipinski definition) is 14. The molecule has 8 N–H and O–H groups in total. The van der Waals surface area contributed by atoms with Gasteiger partial charge in [-0.25, -0.2) is 9.59 Å². The number of aliphatic hydroxyl groups is 6. The van der Waals surface area contributed by atoms with Crippen LogP contribution in [-0.4, -0.2) is 113 Å². The lowest BCUT2D eigenvalue weighted by Gasteiger charge is -2.17. The van der Waals surface area contributed by atoms with Crippen LogP contribution in [0, 0.1) is 0 Å². The monoisotopic (exact) mass is 540 g/mol. The fourth-order valence-corrected chi connectivity index (χ4v) is 4.31. The molecule has 8 atom stereocenters. The van der Waals surface area contributed by atoms with Crippen molar-refractivity contribution in [3.8, 4) is 0 Å². The van der Waals surface area contributed by atoms with Crippen molar-refractivity contribution in [1.29, 1.82) is 0 Å². The first-order chi connectivity index (χ1) is 18.2. The molecule has 0 amide bonds. The number of aliphatic hydroxyl groups excluding tert-OH is 6. The Labute approximate surface area is 215 Å². The fourth-order valence-electron chi connectivity index (χ4n) is 4.31. The van der Waals surface area contributed by atoms with Gasteiger partial charge in [-0.3, -0.25) is 9.13 Å². The first-order valence-electron chi connectivity index (χ1n) is 12.2. The molecule has 2 aromatic heterocycles. The number of rotatable bonds is 11. The van der Waals surface area contributed by atoms with E-state index in [9.17, 15) is 40.2 Å².